The van der Waals surface area contributed by atoms with Crippen molar-refractivity contribution in [3.05, 3.63) is 102 Å². The molecule has 1 aliphatic heterocycles. The SMILES string of the molecule is O=C(/C=C/C=C/c1ccc2c(c1)OCO2)Nc1ccc(NC(=O)c2ccccc2)cc1. The van der Waals surface area contributed by atoms with Gasteiger partial charge in [-0.15, -0.1) is 0 Å². The average molecular weight is 412 g/mol. The van der Waals surface area contributed by atoms with Crippen LogP contribution in [-0.2, 0) is 4.79 Å². The molecule has 0 radical (unpaired) electrons. The molecule has 6 heteroatoms. The number of hydrogen-bond acceptors (Lipinski definition) is 4. The van der Waals surface area contributed by atoms with Crippen molar-refractivity contribution in [2.75, 3.05) is 17.4 Å². The van der Waals surface area contributed by atoms with Crippen LogP contribution in [0.2, 0.25) is 0 Å². The topological polar surface area (TPSA) is 76.7 Å². The van der Waals surface area contributed by atoms with Crippen molar-refractivity contribution in [1.29, 1.82) is 0 Å². The Hall–Kier alpha value is -4.32. The highest BCUT2D eigenvalue weighted by Gasteiger charge is 2.12. The maximum absolute atomic E-state index is 12.2. The summed E-state index contributed by atoms with van der Waals surface area (Å²) >= 11 is 0. The summed E-state index contributed by atoms with van der Waals surface area (Å²) in [7, 11) is 0. The second-order valence-electron chi connectivity index (χ2n) is 6.72. The first-order valence-electron chi connectivity index (χ1n) is 9.69. The number of allylic oxidation sites excluding steroid dienone is 2. The van der Waals surface area contributed by atoms with Crippen LogP contribution < -0.4 is 20.1 Å². The normalized spacial score (nSPS) is 12.3. The molecule has 2 amide bonds. The van der Waals surface area contributed by atoms with Crippen LogP contribution in [-0.4, -0.2) is 18.6 Å². The zero-order chi connectivity index (χ0) is 21.5. The fourth-order valence-electron chi connectivity index (χ4n) is 2.94. The van der Waals surface area contributed by atoms with E-state index < -0.39 is 0 Å². The molecule has 0 spiro atoms. The van der Waals surface area contributed by atoms with E-state index in [-0.39, 0.29) is 18.6 Å². The first-order chi connectivity index (χ1) is 15.2. The Morgan fingerprint density at radius 3 is 2.26 bits per heavy atom. The number of amides is 2. The van der Waals surface area contributed by atoms with E-state index in [0.29, 0.717) is 22.7 Å². The number of carbonyl (C=O) groups excluding carboxylic acids is 2. The van der Waals surface area contributed by atoms with Crippen LogP contribution in [0.5, 0.6) is 11.5 Å². The summed E-state index contributed by atoms with van der Waals surface area (Å²) in [6, 6.07) is 21.6. The van der Waals surface area contributed by atoms with Gasteiger partial charge in [-0.05, 0) is 54.1 Å². The molecule has 1 heterocycles. The molecule has 0 atom stereocenters. The van der Waals surface area contributed by atoms with Gasteiger partial charge in [-0.25, -0.2) is 0 Å². The smallest absolute Gasteiger partial charge is 0.255 e. The van der Waals surface area contributed by atoms with Gasteiger partial charge in [0, 0.05) is 23.0 Å². The van der Waals surface area contributed by atoms with Crippen LogP contribution >= 0.6 is 0 Å². The highest BCUT2D eigenvalue weighted by atomic mass is 16.7. The Bertz CT molecular complexity index is 1140. The lowest BCUT2D eigenvalue weighted by molar-refractivity contribution is -0.111. The molecule has 0 bridgehead atoms. The van der Waals surface area contributed by atoms with E-state index in [0.717, 1.165) is 11.3 Å². The highest BCUT2D eigenvalue weighted by molar-refractivity contribution is 6.04. The lowest BCUT2D eigenvalue weighted by atomic mass is 10.2. The van der Waals surface area contributed by atoms with Gasteiger partial charge >= 0.3 is 0 Å². The molecule has 1 aliphatic rings. The maximum atomic E-state index is 12.2. The van der Waals surface area contributed by atoms with Crippen LogP contribution in [0.3, 0.4) is 0 Å². The summed E-state index contributed by atoms with van der Waals surface area (Å²) in [6.07, 6.45) is 6.75. The number of benzene rings is 3. The molecule has 6 nitrogen and oxygen atoms in total. The predicted molar refractivity (Wildman–Crippen MR) is 120 cm³/mol. The minimum absolute atomic E-state index is 0.186. The Labute approximate surface area is 179 Å². The third-order valence-corrected chi connectivity index (χ3v) is 4.49. The summed E-state index contributed by atoms with van der Waals surface area (Å²) in [5.41, 5.74) is 2.81. The lowest BCUT2D eigenvalue weighted by Crippen LogP contribution is -2.12. The van der Waals surface area contributed by atoms with Crippen molar-refractivity contribution >= 4 is 29.3 Å². The third kappa shape index (κ3) is 5.39. The van der Waals surface area contributed by atoms with Crippen LogP contribution in [0.4, 0.5) is 11.4 Å². The van der Waals surface area contributed by atoms with Crippen molar-refractivity contribution in [3.63, 3.8) is 0 Å². The van der Waals surface area contributed by atoms with E-state index in [4.69, 9.17) is 9.47 Å². The van der Waals surface area contributed by atoms with Crippen molar-refractivity contribution < 1.29 is 19.1 Å². The number of carbonyl (C=O) groups is 2. The summed E-state index contributed by atoms with van der Waals surface area (Å²) < 4.78 is 10.6. The summed E-state index contributed by atoms with van der Waals surface area (Å²) in [5, 5.41) is 5.60. The molecule has 31 heavy (non-hydrogen) atoms. The molecular weight excluding hydrogens is 392 g/mol. The quantitative estimate of drug-likeness (QED) is 0.447. The van der Waals surface area contributed by atoms with E-state index in [1.165, 1.54) is 6.08 Å². The molecule has 0 saturated carbocycles. The van der Waals surface area contributed by atoms with Crippen LogP contribution in [0.25, 0.3) is 6.08 Å². The number of nitrogens with one attached hydrogen (secondary N) is 2. The zero-order valence-electron chi connectivity index (χ0n) is 16.6. The number of anilines is 2. The summed E-state index contributed by atoms with van der Waals surface area (Å²) in [6.45, 7) is 0.239. The standard InChI is InChI=1S/C25H20N2O4/c28-24(9-5-4-6-18-10-15-22-23(16-18)31-17-30-22)26-20-11-13-21(14-12-20)27-25(29)19-7-2-1-3-8-19/h1-16H,17H2,(H,26,28)(H,27,29)/b6-4+,9-5+. The first-order valence-corrected chi connectivity index (χ1v) is 9.69. The molecule has 2 N–H and O–H groups in total. The highest BCUT2D eigenvalue weighted by Crippen LogP contribution is 2.32. The molecule has 4 rings (SSSR count). The van der Waals surface area contributed by atoms with Crippen molar-refractivity contribution in [2.45, 2.75) is 0 Å². The number of hydrogen-bond donors (Lipinski definition) is 2. The Kier molecular flexibility index (Phi) is 6.09. The molecule has 3 aromatic carbocycles. The zero-order valence-corrected chi connectivity index (χ0v) is 16.6. The first kappa shape index (κ1) is 20.0. The number of ether oxygens (including phenoxy) is 2. The van der Waals surface area contributed by atoms with Gasteiger partial charge in [0.1, 0.15) is 0 Å². The summed E-state index contributed by atoms with van der Waals surface area (Å²) in [4.78, 5) is 24.3. The van der Waals surface area contributed by atoms with Gasteiger partial charge in [0.2, 0.25) is 12.7 Å². The molecule has 3 aromatic rings. The monoisotopic (exact) mass is 412 g/mol. The minimum Gasteiger partial charge on any atom is -0.454 e. The Morgan fingerprint density at radius 1 is 0.774 bits per heavy atom. The molecule has 0 fully saturated rings. The van der Waals surface area contributed by atoms with Gasteiger partial charge in [-0.3, -0.25) is 9.59 Å². The molecule has 0 aliphatic carbocycles. The van der Waals surface area contributed by atoms with Gasteiger partial charge in [-0.1, -0.05) is 42.5 Å². The fraction of sp³-hybridized carbons (Fsp3) is 0.0400. The lowest BCUT2D eigenvalue weighted by Gasteiger charge is -2.07. The predicted octanol–water partition coefficient (Wildman–Crippen LogP) is 4.88. The maximum Gasteiger partial charge on any atom is 0.255 e. The van der Waals surface area contributed by atoms with E-state index >= 15 is 0 Å². The number of fused-ring (bicyclic) bond motifs is 1. The van der Waals surface area contributed by atoms with Gasteiger partial charge in [0.25, 0.3) is 5.91 Å². The molecule has 0 unspecified atom stereocenters. The van der Waals surface area contributed by atoms with Crippen LogP contribution in [0.15, 0.2) is 91.0 Å². The van der Waals surface area contributed by atoms with E-state index in [2.05, 4.69) is 10.6 Å². The van der Waals surface area contributed by atoms with E-state index in [1.807, 2.05) is 42.5 Å². The second kappa shape index (κ2) is 9.45. The summed E-state index contributed by atoms with van der Waals surface area (Å²) in [5.74, 6) is 1.01. The van der Waals surface area contributed by atoms with Gasteiger partial charge in [0.05, 0.1) is 0 Å². The molecule has 0 aromatic heterocycles. The number of rotatable bonds is 6. The van der Waals surface area contributed by atoms with E-state index in [9.17, 15) is 9.59 Å². The van der Waals surface area contributed by atoms with E-state index in [1.54, 1.807) is 48.6 Å². The average Bonchev–Trinajstić information content (AvgIpc) is 3.26. The molecular formula is C25H20N2O4. The van der Waals surface area contributed by atoms with Crippen LogP contribution in [0.1, 0.15) is 15.9 Å². The molecule has 0 saturated heterocycles. The second-order valence-corrected chi connectivity index (χ2v) is 6.72. The van der Waals surface area contributed by atoms with Gasteiger partial charge in [-0.2, -0.15) is 0 Å². The third-order valence-electron chi connectivity index (χ3n) is 4.49. The van der Waals surface area contributed by atoms with Crippen LogP contribution in [0, 0.1) is 0 Å². The molecule has 154 valence electrons. The minimum atomic E-state index is -0.253. The Morgan fingerprint density at radius 2 is 1.48 bits per heavy atom. The van der Waals surface area contributed by atoms with Crippen molar-refractivity contribution in [2.24, 2.45) is 0 Å². The van der Waals surface area contributed by atoms with Crippen molar-refractivity contribution in [3.8, 4) is 11.5 Å². The Balaban J connectivity index is 1.28. The van der Waals surface area contributed by atoms with Gasteiger partial charge in [0.15, 0.2) is 11.5 Å². The fourth-order valence-corrected chi connectivity index (χ4v) is 2.94. The van der Waals surface area contributed by atoms with Crippen molar-refractivity contribution in [1.82, 2.24) is 0 Å². The van der Waals surface area contributed by atoms with Gasteiger partial charge < -0.3 is 20.1 Å². The largest absolute Gasteiger partial charge is 0.454 e.